The lowest BCUT2D eigenvalue weighted by atomic mass is 9.92. The van der Waals surface area contributed by atoms with Crippen molar-refractivity contribution < 1.29 is 0 Å². The molecule has 7 aromatic rings. The fourth-order valence-corrected chi connectivity index (χ4v) is 6.57. The van der Waals surface area contributed by atoms with Gasteiger partial charge in [0.2, 0.25) is 5.82 Å². The summed E-state index contributed by atoms with van der Waals surface area (Å²) in [7, 11) is 0. The van der Waals surface area contributed by atoms with Crippen LogP contribution in [0.2, 0.25) is 0 Å². The number of hydrogen-bond donors (Lipinski definition) is 1. The van der Waals surface area contributed by atoms with Crippen LogP contribution in [0.5, 0.6) is 0 Å². The van der Waals surface area contributed by atoms with E-state index in [4.69, 9.17) is 4.98 Å². The highest BCUT2D eigenvalue weighted by Crippen LogP contribution is 2.30. The Bertz CT molecular complexity index is 2350. The molecule has 10 nitrogen and oxygen atoms in total. The van der Waals surface area contributed by atoms with E-state index in [1.165, 1.54) is 4.57 Å². The Balaban J connectivity index is 1.37. The zero-order valence-electron chi connectivity index (χ0n) is 28.7. The summed E-state index contributed by atoms with van der Waals surface area (Å²) < 4.78 is 5.13. The maximum atomic E-state index is 14.6. The van der Waals surface area contributed by atoms with Gasteiger partial charge in [0.05, 0.1) is 6.04 Å². The van der Waals surface area contributed by atoms with E-state index >= 15 is 0 Å². The molecule has 3 aromatic heterocycles. The largest absolute Gasteiger partial charge is 0.333 e. The molecule has 0 saturated heterocycles. The van der Waals surface area contributed by atoms with Crippen molar-refractivity contribution in [2.45, 2.75) is 59.7 Å². The summed E-state index contributed by atoms with van der Waals surface area (Å²) in [6.07, 6.45) is 1.25. The van der Waals surface area contributed by atoms with E-state index in [1.807, 2.05) is 84.3 Å². The van der Waals surface area contributed by atoms with Crippen LogP contribution >= 0.6 is 0 Å². The van der Waals surface area contributed by atoms with Crippen molar-refractivity contribution in [3.8, 4) is 22.5 Å². The third-order valence-corrected chi connectivity index (χ3v) is 9.09. The van der Waals surface area contributed by atoms with Gasteiger partial charge in [0.25, 0.3) is 5.56 Å². The molecule has 3 heterocycles. The number of benzene rings is 4. The topological polar surface area (TPSA) is 116 Å². The Morgan fingerprint density at radius 3 is 2.08 bits per heavy atom. The molecular weight excluding hydrogens is 624 g/mol. The van der Waals surface area contributed by atoms with Gasteiger partial charge in [-0.25, -0.2) is 9.78 Å². The van der Waals surface area contributed by atoms with Crippen LogP contribution in [-0.4, -0.2) is 39.3 Å². The smallest absolute Gasteiger partial charge is 0.318 e. The monoisotopic (exact) mass is 664 g/mol. The van der Waals surface area contributed by atoms with Gasteiger partial charge in [0, 0.05) is 25.1 Å². The molecule has 0 spiro atoms. The summed E-state index contributed by atoms with van der Waals surface area (Å²) in [5, 5.41) is 14.6. The van der Waals surface area contributed by atoms with E-state index in [-0.39, 0.29) is 16.7 Å². The first-order valence-corrected chi connectivity index (χ1v) is 16.9. The molecule has 7 rings (SSSR count). The number of hydrogen-bond acceptors (Lipinski definition) is 6. The minimum atomic E-state index is -0.475. The average Bonchev–Trinajstić information content (AvgIpc) is 3.78. The van der Waals surface area contributed by atoms with Crippen LogP contribution in [-0.2, 0) is 25.9 Å². The van der Waals surface area contributed by atoms with Crippen molar-refractivity contribution in [2.24, 2.45) is 5.41 Å². The molecule has 0 aliphatic heterocycles. The predicted molar refractivity (Wildman–Crippen MR) is 196 cm³/mol. The van der Waals surface area contributed by atoms with Crippen LogP contribution in [0.25, 0.3) is 33.7 Å². The van der Waals surface area contributed by atoms with Crippen molar-refractivity contribution in [3.05, 3.63) is 153 Å². The average molecular weight is 665 g/mol. The third-order valence-electron chi connectivity index (χ3n) is 9.09. The van der Waals surface area contributed by atoms with Crippen LogP contribution in [0.1, 0.15) is 56.3 Å². The second-order valence-electron chi connectivity index (χ2n) is 13.9. The third kappa shape index (κ3) is 6.56. The number of aromatic amines is 1. The minimum absolute atomic E-state index is 0.118. The Morgan fingerprint density at radius 1 is 0.760 bits per heavy atom. The maximum absolute atomic E-state index is 14.6. The van der Waals surface area contributed by atoms with E-state index in [0.717, 1.165) is 39.2 Å². The number of nitrogens with zero attached hydrogens (tertiary/aromatic N) is 7. The van der Waals surface area contributed by atoms with Gasteiger partial charge in [-0.2, -0.15) is 5.21 Å². The lowest BCUT2D eigenvalue weighted by molar-refractivity contribution is 0.394. The molecule has 0 amide bonds. The molecule has 4 aromatic carbocycles. The first kappa shape index (κ1) is 32.6. The number of aryl methyl sites for hydroxylation is 2. The number of tetrazole rings is 1. The maximum Gasteiger partial charge on any atom is 0.333 e. The molecule has 50 heavy (non-hydrogen) atoms. The first-order valence-electron chi connectivity index (χ1n) is 16.9. The Kier molecular flexibility index (Phi) is 8.84. The lowest BCUT2D eigenvalue weighted by Gasteiger charge is -2.20. The fraction of sp³-hybridized carbons (Fsp3) is 0.250. The number of fused-ring (bicyclic) bond motifs is 1. The van der Waals surface area contributed by atoms with E-state index in [0.29, 0.717) is 42.9 Å². The van der Waals surface area contributed by atoms with Crippen molar-refractivity contribution in [2.75, 3.05) is 0 Å². The zero-order chi connectivity index (χ0) is 34.8. The van der Waals surface area contributed by atoms with Gasteiger partial charge in [0.1, 0.15) is 5.82 Å². The van der Waals surface area contributed by atoms with Crippen LogP contribution in [0.4, 0.5) is 0 Å². The van der Waals surface area contributed by atoms with E-state index in [2.05, 4.69) is 77.8 Å². The summed E-state index contributed by atoms with van der Waals surface area (Å²) in [5.74, 6) is 1.30. The Labute approximate surface area is 290 Å². The molecule has 10 heteroatoms. The summed E-state index contributed by atoms with van der Waals surface area (Å²) >= 11 is 0. The molecular formula is C40H40N8O2. The number of H-pyrrole nitrogens is 1. The van der Waals surface area contributed by atoms with Crippen LogP contribution < -0.4 is 11.2 Å². The Morgan fingerprint density at radius 2 is 1.42 bits per heavy atom. The van der Waals surface area contributed by atoms with Crippen LogP contribution in [0.3, 0.4) is 0 Å². The summed E-state index contributed by atoms with van der Waals surface area (Å²) in [6.45, 7) is 9.19. The number of imidazole rings is 1. The number of rotatable bonds is 10. The molecule has 0 aliphatic rings. The molecule has 1 N–H and O–H groups in total. The normalized spacial score (nSPS) is 12.4. The molecule has 1 unspecified atom stereocenters. The van der Waals surface area contributed by atoms with Crippen LogP contribution in [0, 0.1) is 5.41 Å². The summed E-state index contributed by atoms with van der Waals surface area (Å²) in [6, 6.07) is 35.6. The zero-order valence-corrected chi connectivity index (χ0v) is 28.7. The molecule has 0 bridgehead atoms. The Hall–Kier alpha value is -5.90. The highest BCUT2D eigenvalue weighted by molar-refractivity contribution is 5.80. The quantitative estimate of drug-likeness (QED) is 0.174. The van der Waals surface area contributed by atoms with Crippen molar-refractivity contribution in [3.63, 3.8) is 0 Å². The highest BCUT2D eigenvalue weighted by atomic mass is 16.2. The van der Waals surface area contributed by atoms with E-state index in [9.17, 15) is 9.59 Å². The number of aromatic nitrogens is 8. The standard InChI is InChI=1S/C40H40N8O2/c1-27(30-15-9-6-10-16-30)48-38(49)35-37(46(39(48)50)24-23-28-13-7-5-8-14-28)41-34(25-40(2,3)4)47(35)26-29-19-21-31(22-20-29)32-17-11-12-18-33(32)36-42-44-45-43-36/h5-22,27H,23-26H2,1-4H3,(H,42,43,44,45). The second-order valence-corrected chi connectivity index (χ2v) is 13.9. The summed E-state index contributed by atoms with van der Waals surface area (Å²) in [5.41, 5.74) is 5.93. The highest BCUT2D eigenvalue weighted by Gasteiger charge is 2.26. The van der Waals surface area contributed by atoms with Crippen LogP contribution in [0.15, 0.2) is 119 Å². The van der Waals surface area contributed by atoms with E-state index in [1.54, 1.807) is 4.57 Å². The molecule has 0 aliphatic carbocycles. The van der Waals surface area contributed by atoms with Gasteiger partial charge < -0.3 is 4.57 Å². The van der Waals surface area contributed by atoms with Crippen molar-refractivity contribution in [1.82, 2.24) is 39.3 Å². The van der Waals surface area contributed by atoms with Gasteiger partial charge >= 0.3 is 5.69 Å². The van der Waals surface area contributed by atoms with Gasteiger partial charge in [-0.05, 0) is 51.8 Å². The summed E-state index contributed by atoms with van der Waals surface area (Å²) in [4.78, 5) is 34.1. The van der Waals surface area contributed by atoms with Gasteiger partial charge in [-0.3, -0.25) is 13.9 Å². The molecule has 1 atom stereocenters. The van der Waals surface area contributed by atoms with Gasteiger partial charge in [-0.15, -0.1) is 10.2 Å². The molecule has 0 radical (unpaired) electrons. The van der Waals surface area contributed by atoms with Crippen molar-refractivity contribution >= 4 is 11.2 Å². The second kappa shape index (κ2) is 13.5. The lowest BCUT2D eigenvalue weighted by Crippen LogP contribution is -2.42. The van der Waals surface area contributed by atoms with Gasteiger partial charge in [-0.1, -0.05) is 130 Å². The molecule has 0 saturated carbocycles. The van der Waals surface area contributed by atoms with Crippen molar-refractivity contribution in [1.29, 1.82) is 0 Å². The SMILES string of the molecule is CC(c1ccccc1)n1c(=O)c2c(nc(CC(C)(C)C)n2Cc2ccc(-c3ccccc3-c3nn[nH]n3)cc2)n(CCc2ccccc2)c1=O. The predicted octanol–water partition coefficient (Wildman–Crippen LogP) is 6.70. The fourth-order valence-electron chi connectivity index (χ4n) is 6.57. The minimum Gasteiger partial charge on any atom is -0.318 e. The molecule has 252 valence electrons. The number of nitrogens with one attached hydrogen (secondary N) is 1. The van der Waals surface area contributed by atoms with Gasteiger partial charge in [0.15, 0.2) is 11.2 Å². The van der Waals surface area contributed by atoms with E-state index < -0.39 is 6.04 Å². The molecule has 0 fully saturated rings. The first-order chi connectivity index (χ1) is 24.2.